The van der Waals surface area contributed by atoms with Crippen LogP contribution in [0, 0.1) is 0 Å². The molecule has 33 heavy (non-hydrogen) atoms. The van der Waals surface area contributed by atoms with Crippen molar-refractivity contribution in [3.05, 3.63) is 42.2 Å². The van der Waals surface area contributed by atoms with Crippen molar-refractivity contribution in [1.29, 1.82) is 0 Å². The molecular formula is C29H46N2O2. The second-order valence-corrected chi connectivity index (χ2v) is 9.19. The van der Waals surface area contributed by atoms with Gasteiger partial charge >= 0.3 is 0 Å². The summed E-state index contributed by atoms with van der Waals surface area (Å²) in [6, 6.07) is 8.10. The van der Waals surface area contributed by atoms with Crippen LogP contribution < -0.4 is 4.74 Å². The Morgan fingerprint density at radius 2 is 1.36 bits per heavy atom. The first-order valence-corrected chi connectivity index (χ1v) is 13.4. The molecule has 0 radical (unpaired) electrons. The molecule has 0 aliphatic rings. The van der Waals surface area contributed by atoms with Crippen molar-refractivity contribution < 1.29 is 9.47 Å². The molecule has 4 nitrogen and oxygen atoms in total. The lowest BCUT2D eigenvalue weighted by Gasteiger charge is -2.13. The van der Waals surface area contributed by atoms with Crippen LogP contribution in [0.1, 0.15) is 103 Å². The summed E-state index contributed by atoms with van der Waals surface area (Å²) in [4.78, 5) is 9.17. The third kappa shape index (κ3) is 12.2. The highest BCUT2D eigenvalue weighted by molar-refractivity contribution is 5.55. The van der Waals surface area contributed by atoms with Crippen LogP contribution in [0.15, 0.2) is 36.7 Å². The van der Waals surface area contributed by atoms with Gasteiger partial charge in [-0.1, -0.05) is 65.2 Å². The Hall–Kier alpha value is -1.94. The van der Waals surface area contributed by atoms with E-state index in [1.807, 2.05) is 36.7 Å². The molecule has 0 spiro atoms. The van der Waals surface area contributed by atoms with Crippen LogP contribution in [0.2, 0.25) is 0 Å². The maximum Gasteiger partial charge on any atom is 0.159 e. The first kappa shape index (κ1) is 27.3. The molecule has 4 heteroatoms. The van der Waals surface area contributed by atoms with Gasteiger partial charge < -0.3 is 9.47 Å². The summed E-state index contributed by atoms with van der Waals surface area (Å²) in [6.07, 6.45) is 20.3. The molecule has 1 aromatic heterocycles. The minimum atomic E-state index is 0.304. The van der Waals surface area contributed by atoms with Crippen molar-refractivity contribution in [2.45, 2.75) is 110 Å². The average Bonchev–Trinajstić information content (AvgIpc) is 2.85. The topological polar surface area (TPSA) is 44.2 Å². The SMILES string of the molecule is CCCCCCCCCc1cnc(-c2ccc(OCCCC(C)OCCCCC)cc2)nc1. The van der Waals surface area contributed by atoms with E-state index in [2.05, 4.69) is 30.7 Å². The van der Waals surface area contributed by atoms with E-state index in [-0.39, 0.29) is 0 Å². The van der Waals surface area contributed by atoms with Gasteiger partial charge in [-0.05, 0) is 68.9 Å². The molecule has 2 rings (SSSR count). The number of rotatable bonds is 19. The lowest BCUT2D eigenvalue weighted by molar-refractivity contribution is 0.0537. The van der Waals surface area contributed by atoms with E-state index in [1.54, 1.807) is 0 Å². The average molecular weight is 455 g/mol. The van der Waals surface area contributed by atoms with E-state index in [1.165, 1.54) is 63.4 Å². The zero-order valence-electron chi connectivity index (χ0n) is 21.4. The number of hydrogen-bond donors (Lipinski definition) is 0. The predicted octanol–water partition coefficient (Wildman–Crippen LogP) is 8.19. The van der Waals surface area contributed by atoms with Crippen LogP contribution >= 0.6 is 0 Å². The summed E-state index contributed by atoms with van der Waals surface area (Å²) in [5.41, 5.74) is 2.26. The molecule has 1 atom stereocenters. The molecule has 1 unspecified atom stereocenters. The number of hydrogen-bond acceptors (Lipinski definition) is 4. The zero-order chi connectivity index (χ0) is 23.6. The summed E-state index contributed by atoms with van der Waals surface area (Å²) in [5, 5.41) is 0. The number of nitrogens with zero attached hydrogens (tertiary/aromatic N) is 2. The first-order chi connectivity index (χ1) is 16.2. The van der Waals surface area contributed by atoms with Crippen LogP contribution in [0.4, 0.5) is 0 Å². The van der Waals surface area contributed by atoms with Crippen molar-refractivity contribution in [3.63, 3.8) is 0 Å². The van der Waals surface area contributed by atoms with Crippen LogP contribution in [0.25, 0.3) is 11.4 Å². The third-order valence-electron chi connectivity index (χ3n) is 6.06. The fourth-order valence-electron chi connectivity index (χ4n) is 3.90. The minimum absolute atomic E-state index is 0.304. The maximum absolute atomic E-state index is 5.90. The monoisotopic (exact) mass is 454 g/mol. The van der Waals surface area contributed by atoms with Gasteiger partial charge in [0.15, 0.2) is 5.82 Å². The van der Waals surface area contributed by atoms with Crippen LogP contribution in [-0.4, -0.2) is 29.3 Å². The molecule has 2 aromatic rings. The lowest BCUT2D eigenvalue weighted by Crippen LogP contribution is -2.11. The molecule has 184 valence electrons. The number of aromatic nitrogens is 2. The Labute approximate surface area is 202 Å². The highest BCUT2D eigenvalue weighted by atomic mass is 16.5. The van der Waals surface area contributed by atoms with Gasteiger partial charge in [0.05, 0.1) is 12.7 Å². The summed E-state index contributed by atoms with van der Waals surface area (Å²) >= 11 is 0. The van der Waals surface area contributed by atoms with E-state index < -0.39 is 0 Å². The van der Waals surface area contributed by atoms with E-state index >= 15 is 0 Å². The van der Waals surface area contributed by atoms with Gasteiger partial charge in [-0.25, -0.2) is 9.97 Å². The largest absolute Gasteiger partial charge is 0.494 e. The van der Waals surface area contributed by atoms with Crippen LogP contribution in [0.3, 0.4) is 0 Å². The van der Waals surface area contributed by atoms with Crippen molar-refractivity contribution in [3.8, 4) is 17.1 Å². The normalized spacial score (nSPS) is 12.1. The van der Waals surface area contributed by atoms with E-state index in [0.717, 1.165) is 49.4 Å². The number of aryl methyl sites for hydroxylation is 1. The Morgan fingerprint density at radius 1 is 0.727 bits per heavy atom. The fraction of sp³-hybridized carbons (Fsp3) is 0.655. The van der Waals surface area contributed by atoms with Gasteiger partial charge in [-0.2, -0.15) is 0 Å². The quantitative estimate of drug-likeness (QED) is 0.201. The Bertz CT molecular complexity index is 715. The van der Waals surface area contributed by atoms with Gasteiger partial charge in [0, 0.05) is 24.6 Å². The summed E-state index contributed by atoms with van der Waals surface area (Å²) < 4.78 is 11.7. The van der Waals surface area contributed by atoms with Gasteiger partial charge in [-0.3, -0.25) is 0 Å². The minimum Gasteiger partial charge on any atom is -0.494 e. The second kappa shape index (κ2) is 17.5. The van der Waals surface area contributed by atoms with E-state index in [0.29, 0.717) is 12.7 Å². The molecular weight excluding hydrogens is 408 g/mol. The van der Waals surface area contributed by atoms with Crippen molar-refractivity contribution in [2.24, 2.45) is 0 Å². The fourth-order valence-corrected chi connectivity index (χ4v) is 3.90. The van der Waals surface area contributed by atoms with Gasteiger partial charge in [0.1, 0.15) is 5.75 Å². The van der Waals surface area contributed by atoms with Gasteiger partial charge in [0.25, 0.3) is 0 Å². The molecule has 1 aromatic carbocycles. The first-order valence-electron chi connectivity index (χ1n) is 13.4. The van der Waals surface area contributed by atoms with Gasteiger partial charge in [0.2, 0.25) is 0 Å². The summed E-state index contributed by atoms with van der Waals surface area (Å²) in [7, 11) is 0. The molecule has 0 saturated carbocycles. The van der Waals surface area contributed by atoms with Crippen LogP contribution in [-0.2, 0) is 11.2 Å². The maximum atomic E-state index is 5.90. The Morgan fingerprint density at radius 3 is 2.06 bits per heavy atom. The van der Waals surface area contributed by atoms with Gasteiger partial charge in [-0.15, -0.1) is 0 Å². The predicted molar refractivity (Wildman–Crippen MR) is 139 cm³/mol. The molecule has 0 amide bonds. The summed E-state index contributed by atoms with van der Waals surface area (Å²) in [6.45, 7) is 8.22. The summed E-state index contributed by atoms with van der Waals surface area (Å²) in [5.74, 6) is 1.67. The highest BCUT2D eigenvalue weighted by Gasteiger charge is 2.05. The molecule has 0 aliphatic carbocycles. The van der Waals surface area contributed by atoms with Crippen LogP contribution in [0.5, 0.6) is 5.75 Å². The Balaban J connectivity index is 1.63. The molecule has 0 aliphatic heterocycles. The van der Waals surface area contributed by atoms with E-state index in [4.69, 9.17) is 9.47 Å². The highest BCUT2D eigenvalue weighted by Crippen LogP contribution is 2.20. The van der Waals surface area contributed by atoms with E-state index in [9.17, 15) is 0 Å². The zero-order valence-corrected chi connectivity index (χ0v) is 21.4. The Kier molecular flexibility index (Phi) is 14.5. The lowest BCUT2D eigenvalue weighted by atomic mass is 10.1. The molecule has 0 fully saturated rings. The molecule has 0 saturated heterocycles. The smallest absolute Gasteiger partial charge is 0.159 e. The number of benzene rings is 1. The second-order valence-electron chi connectivity index (χ2n) is 9.19. The third-order valence-corrected chi connectivity index (χ3v) is 6.06. The number of ether oxygens (including phenoxy) is 2. The van der Waals surface area contributed by atoms with Crippen molar-refractivity contribution in [2.75, 3.05) is 13.2 Å². The standard InChI is InChI=1S/C29H46N2O2/c1-4-6-8-9-10-11-12-16-26-23-30-29(31-24-26)27-17-19-28(20-18-27)33-22-14-15-25(3)32-21-13-7-5-2/h17-20,23-25H,4-16,21-22H2,1-3H3. The molecule has 0 N–H and O–H groups in total. The molecule has 1 heterocycles. The van der Waals surface area contributed by atoms with Crippen molar-refractivity contribution >= 4 is 0 Å². The molecule has 0 bridgehead atoms. The number of unbranched alkanes of at least 4 members (excludes halogenated alkanes) is 8. The van der Waals surface area contributed by atoms with Crippen molar-refractivity contribution in [1.82, 2.24) is 9.97 Å².